The van der Waals surface area contributed by atoms with Gasteiger partial charge >= 0.3 is 17.9 Å². The third-order valence-corrected chi connectivity index (χ3v) is 10.2. The number of carbonyl (C=O) groups excluding carboxylic acids is 3. The van der Waals surface area contributed by atoms with Gasteiger partial charge in [-0.05, 0) is 109 Å². The van der Waals surface area contributed by atoms with Gasteiger partial charge in [0, 0.05) is 19.3 Å². The van der Waals surface area contributed by atoms with Gasteiger partial charge in [0.15, 0.2) is 6.10 Å². The van der Waals surface area contributed by atoms with Gasteiger partial charge in [-0.1, -0.05) is 200 Å². The van der Waals surface area contributed by atoms with E-state index in [2.05, 4.69) is 142 Å². The first-order valence-electron chi connectivity index (χ1n) is 25.5. The predicted molar refractivity (Wildman–Crippen MR) is 274 cm³/mol. The molecule has 0 aliphatic heterocycles. The van der Waals surface area contributed by atoms with Crippen molar-refractivity contribution in [1.82, 2.24) is 0 Å². The van der Waals surface area contributed by atoms with Gasteiger partial charge in [-0.2, -0.15) is 0 Å². The fraction of sp³-hybridized carbons (Fsp3) is 0.603. The van der Waals surface area contributed by atoms with E-state index < -0.39 is 6.10 Å². The monoisotopic (exact) mass is 885 g/mol. The van der Waals surface area contributed by atoms with Crippen molar-refractivity contribution in [3.63, 3.8) is 0 Å². The maximum absolute atomic E-state index is 12.7. The third kappa shape index (κ3) is 48.8. The van der Waals surface area contributed by atoms with Crippen LogP contribution in [-0.2, 0) is 28.6 Å². The SMILES string of the molecule is CC/C=C\C/C=C\C/C=C\C/C=C\C/C=C\C/C=C\CCCCCCC(=O)OCC(COC(=O)CCCCCCCCCC)OC(=O)CCCC/C=C\C/C=C\C/C=C\C/C=C\CC. The second-order valence-corrected chi connectivity index (χ2v) is 16.3. The van der Waals surface area contributed by atoms with E-state index in [-0.39, 0.29) is 37.5 Å². The van der Waals surface area contributed by atoms with Crippen LogP contribution in [0.1, 0.15) is 207 Å². The van der Waals surface area contributed by atoms with Crippen LogP contribution >= 0.6 is 0 Å². The topological polar surface area (TPSA) is 78.9 Å². The molecule has 0 heterocycles. The van der Waals surface area contributed by atoms with Crippen LogP contribution in [0, 0.1) is 0 Å². The summed E-state index contributed by atoms with van der Waals surface area (Å²) in [5.41, 5.74) is 0. The number of esters is 3. The van der Waals surface area contributed by atoms with E-state index >= 15 is 0 Å². The largest absolute Gasteiger partial charge is 0.462 e. The second kappa shape index (κ2) is 51.4. The van der Waals surface area contributed by atoms with E-state index in [0.717, 1.165) is 128 Å². The van der Waals surface area contributed by atoms with Gasteiger partial charge in [0.1, 0.15) is 13.2 Å². The fourth-order valence-electron chi connectivity index (χ4n) is 6.43. The quantitative estimate of drug-likeness (QED) is 0.0262. The number of hydrogen-bond acceptors (Lipinski definition) is 6. The fourth-order valence-corrected chi connectivity index (χ4v) is 6.43. The molecule has 1 atom stereocenters. The van der Waals surface area contributed by atoms with Crippen LogP contribution in [0.4, 0.5) is 0 Å². The van der Waals surface area contributed by atoms with E-state index in [1.807, 2.05) is 0 Å². The Morgan fingerprint density at radius 2 is 0.609 bits per heavy atom. The highest BCUT2D eigenvalue weighted by Gasteiger charge is 2.19. The molecule has 0 radical (unpaired) electrons. The normalized spacial score (nSPS) is 13.1. The molecule has 0 bridgehead atoms. The highest BCUT2D eigenvalue weighted by molar-refractivity contribution is 5.71. The molecule has 360 valence electrons. The van der Waals surface area contributed by atoms with Crippen molar-refractivity contribution in [2.75, 3.05) is 13.2 Å². The van der Waals surface area contributed by atoms with Crippen molar-refractivity contribution in [1.29, 1.82) is 0 Å². The van der Waals surface area contributed by atoms with Crippen molar-refractivity contribution in [3.05, 3.63) is 122 Å². The Morgan fingerprint density at radius 3 is 0.984 bits per heavy atom. The Bertz CT molecular complexity index is 1390. The Hall–Kier alpha value is -4.19. The lowest BCUT2D eigenvalue weighted by atomic mass is 10.1. The van der Waals surface area contributed by atoms with Crippen LogP contribution in [0.15, 0.2) is 122 Å². The molecule has 0 saturated heterocycles. The molecule has 0 aromatic rings. The molecule has 0 N–H and O–H groups in total. The molecule has 64 heavy (non-hydrogen) atoms. The Kier molecular flexibility index (Phi) is 48.1. The molecule has 0 spiro atoms. The standard InChI is InChI=1S/C58H92O6/c1-4-7-10-13-16-19-21-23-25-26-27-28-29-30-31-32-34-35-37-39-42-45-48-51-57(60)63-54-55(53-62-56(59)50-47-44-41-18-15-12-9-6-3)64-58(61)52-49-46-43-40-38-36-33-24-22-20-17-14-11-8-5-2/h7-8,10-11,16-17,19-20,23-25,27-28,30-31,33-35,38,40,55H,4-6,9,12-15,18,21-22,26,29,32,36-37,39,41-54H2,1-3H3/b10-7-,11-8-,19-16-,20-17-,25-23-,28-27-,31-30-,33-24-,35-34-,40-38-. The average molecular weight is 885 g/mol. The second-order valence-electron chi connectivity index (χ2n) is 16.3. The van der Waals surface area contributed by atoms with Crippen molar-refractivity contribution in [2.24, 2.45) is 0 Å². The van der Waals surface area contributed by atoms with E-state index in [1.54, 1.807) is 0 Å². The number of carbonyl (C=O) groups is 3. The van der Waals surface area contributed by atoms with Crippen LogP contribution in [0.25, 0.3) is 0 Å². The number of unbranched alkanes of at least 4 members (excludes halogenated alkanes) is 13. The lowest BCUT2D eigenvalue weighted by Gasteiger charge is -2.18. The molecule has 0 aliphatic carbocycles. The number of ether oxygens (including phenoxy) is 3. The van der Waals surface area contributed by atoms with Gasteiger partial charge in [0.2, 0.25) is 0 Å². The smallest absolute Gasteiger partial charge is 0.306 e. The van der Waals surface area contributed by atoms with Crippen molar-refractivity contribution in [3.8, 4) is 0 Å². The maximum Gasteiger partial charge on any atom is 0.306 e. The summed E-state index contributed by atoms with van der Waals surface area (Å²) in [6.07, 6.45) is 70.5. The Balaban J connectivity index is 4.41. The molecule has 0 fully saturated rings. The van der Waals surface area contributed by atoms with Crippen molar-refractivity contribution >= 4 is 17.9 Å². The Labute approximate surface area is 392 Å². The zero-order valence-corrected chi connectivity index (χ0v) is 41.0. The minimum absolute atomic E-state index is 0.106. The minimum atomic E-state index is -0.810. The predicted octanol–water partition coefficient (Wildman–Crippen LogP) is 16.9. The summed E-state index contributed by atoms with van der Waals surface area (Å²) in [6.45, 7) is 6.30. The van der Waals surface area contributed by atoms with Crippen LogP contribution in [0.2, 0.25) is 0 Å². The molecular weight excluding hydrogens is 793 g/mol. The summed E-state index contributed by atoms with van der Waals surface area (Å²) in [6, 6.07) is 0. The molecule has 0 aromatic carbocycles. The molecule has 0 aromatic heterocycles. The summed E-state index contributed by atoms with van der Waals surface area (Å²) in [5, 5.41) is 0. The Morgan fingerprint density at radius 1 is 0.328 bits per heavy atom. The number of rotatable bonds is 44. The zero-order valence-electron chi connectivity index (χ0n) is 41.0. The van der Waals surface area contributed by atoms with Crippen LogP contribution in [0.3, 0.4) is 0 Å². The molecule has 0 aliphatic rings. The van der Waals surface area contributed by atoms with Gasteiger partial charge in [-0.25, -0.2) is 0 Å². The summed E-state index contributed by atoms with van der Waals surface area (Å²) in [5.74, 6) is -0.987. The van der Waals surface area contributed by atoms with Gasteiger partial charge in [-0.3, -0.25) is 14.4 Å². The van der Waals surface area contributed by atoms with Crippen molar-refractivity contribution < 1.29 is 28.6 Å². The molecule has 0 saturated carbocycles. The lowest BCUT2D eigenvalue weighted by molar-refractivity contribution is -0.167. The van der Waals surface area contributed by atoms with Crippen LogP contribution < -0.4 is 0 Å². The highest BCUT2D eigenvalue weighted by Crippen LogP contribution is 2.12. The molecule has 0 rings (SSSR count). The summed E-state index contributed by atoms with van der Waals surface area (Å²) in [7, 11) is 0. The van der Waals surface area contributed by atoms with Crippen molar-refractivity contribution in [2.45, 2.75) is 213 Å². The summed E-state index contributed by atoms with van der Waals surface area (Å²) < 4.78 is 16.7. The molecule has 1 unspecified atom stereocenters. The molecular formula is C58H92O6. The van der Waals surface area contributed by atoms with Gasteiger partial charge < -0.3 is 14.2 Å². The van der Waals surface area contributed by atoms with E-state index in [4.69, 9.17) is 14.2 Å². The van der Waals surface area contributed by atoms with E-state index in [1.165, 1.54) is 32.1 Å². The molecule has 0 amide bonds. The van der Waals surface area contributed by atoms with E-state index in [0.29, 0.717) is 19.3 Å². The summed E-state index contributed by atoms with van der Waals surface area (Å²) in [4.78, 5) is 37.8. The van der Waals surface area contributed by atoms with Gasteiger partial charge in [0.05, 0.1) is 0 Å². The lowest BCUT2D eigenvalue weighted by Crippen LogP contribution is -2.30. The van der Waals surface area contributed by atoms with Gasteiger partial charge in [-0.15, -0.1) is 0 Å². The molecule has 6 nitrogen and oxygen atoms in total. The first-order valence-corrected chi connectivity index (χ1v) is 25.5. The zero-order chi connectivity index (χ0) is 46.5. The first kappa shape index (κ1) is 59.8. The van der Waals surface area contributed by atoms with Gasteiger partial charge in [0.25, 0.3) is 0 Å². The average Bonchev–Trinajstić information content (AvgIpc) is 3.29. The van der Waals surface area contributed by atoms with Crippen LogP contribution in [0.5, 0.6) is 0 Å². The minimum Gasteiger partial charge on any atom is -0.462 e. The van der Waals surface area contributed by atoms with E-state index in [9.17, 15) is 14.4 Å². The first-order chi connectivity index (χ1) is 31.5. The maximum atomic E-state index is 12.7. The number of allylic oxidation sites excluding steroid dienone is 20. The molecule has 6 heteroatoms. The summed E-state index contributed by atoms with van der Waals surface area (Å²) >= 11 is 0. The highest BCUT2D eigenvalue weighted by atomic mass is 16.6. The number of hydrogen-bond donors (Lipinski definition) is 0. The third-order valence-electron chi connectivity index (χ3n) is 10.2. The van der Waals surface area contributed by atoms with Crippen LogP contribution in [-0.4, -0.2) is 37.2 Å².